The fraction of sp³-hybridized carbons (Fsp3) is 0.542. The smallest absolute Gasteiger partial charge is 0.254 e. The Labute approximate surface area is 181 Å². The molecular weight excluding hydrogens is 398 g/mol. The molecule has 1 atom stereocenters. The molecule has 2 aliphatic heterocycles. The van der Waals surface area contributed by atoms with Gasteiger partial charge in [-0.05, 0) is 49.8 Å². The van der Waals surface area contributed by atoms with Gasteiger partial charge in [-0.25, -0.2) is 0 Å². The Morgan fingerprint density at radius 3 is 2.65 bits per heavy atom. The summed E-state index contributed by atoms with van der Waals surface area (Å²) in [5.41, 5.74) is 3.92. The molecule has 2 aromatic rings. The number of benzene rings is 1. The zero-order chi connectivity index (χ0) is 21.4. The molecule has 0 radical (unpaired) electrons. The van der Waals surface area contributed by atoms with Crippen molar-refractivity contribution in [2.45, 2.75) is 38.8 Å². The lowest BCUT2D eigenvalue weighted by atomic mass is 9.93. The number of nitrogens with zero attached hydrogens (tertiary/aromatic N) is 1. The molecule has 0 amide bonds. The number of rotatable bonds is 7. The maximum absolute atomic E-state index is 12.9. The highest BCUT2D eigenvalue weighted by Gasteiger charge is 2.26. The Bertz CT molecular complexity index is 1020. The molecule has 166 valence electrons. The van der Waals surface area contributed by atoms with Gasteiger partial charge in [0.05, 0.1) is 39.2 Å². The van der Waals surface area contributed by atoms with E-state index in [1.165, 1.54) is 12.8 Å². The van der Waals surface area contributed by atoms with Crippen LogP contribution in [0, 0.1) is 12.8 Å². The summed E-state index contributed by atoms with van der Waals surface area (Å²) in [7, 11) is 1.65. The van der Waals surface area contributed by atoms with E-state index < -0.39 is 0 Å². The van der Waals surface area contributed by atoms with Gasteiger partial charge >= 0.3 is 0 Å². The van der Waals surface area contributed by atoms with Crippen LogP contribution in [-0.4, -0.2) is 50.8 Å². The van der Waals surface area contributed by atoms with E-state index in [0.29, 0.717) is 50.4 Å². The molecule has 1 aromatic carbocycles. The number of pyridine rings is 1. The van der Waals surface area contributed by atoms with Crippen LogP contribution in [0.4, 0.5) is 0 Å². The monoisotopic (exact) mass is 427 g/mol. The van der Waals surface area contributed by atoms with E-state index in [9.17, 15) is 4.79 Å². The van der Waals surface area contributed by atoms with E-state index in [1.807, 2.05) is 17.6 Å². The van der Waals surface area contributed by atoms with Crippen molar-refractivity contribution in [3.05, 3.63) is 39.7 Å². The molecule has 3 heterocycles. The van der Waals surface area contributed by atoms with Crippen molar-refractivity contribution < 1.29 is 23.7 Å². The first-order chi connectivity index (χ1) is 15.1. The average molecular weight is 427 g/mol. The van der Waals surface area contributed by atoms with Gasteiger partial charge in [-0.1, -0.05) is 0 Å². The molecule has 0 N–H and O–H groups in total. The van der Waals surface area contributed by atoms with Gasteiger partial charge in [0.25, 0.3) is 5.56 Å². The van der Waals surface area contributed by atoms with Crippen LogP contribution >= 0.6 is 0 Å². The fourth-order valence-corrected chi connectivity index (χ4v) is 4.29. The van der Waals surface area contributed by atoms with Crippen LogP contribution in [0.3, 0.4) is 0 Å². The molecule has 7 nitrogen and oxygen atoms in total. The summed E-state index contributed by atoms with van der Waals surface area (Å²) in [6.45, 7) is 5.41. The largest absolute Gasteiger partial charge is 0.493 e. The second kappa shape index (κ2) is 8.55. The van der Waals surface area contributed by atoms with Crippen LogP contribution in [0.5, 0.6) is 17.2 Å². The first kappa shape index (κ1) is 20.4. The molecule has 1 unspecified atom stereocenters. The molecule has 1 aromatic heterocycles. The highest BCUT2D eigenvalue weighted by atomic mass is 16.6. The second-order valence-corrected chi connectivity index (χ2v) is 8.52. The Kier molecular flexibility index (Phi) is 5.63. The van der Waals surface area contributed by atoms with E-state index in [2.05, 4.69) is 6.07 Å². The van der Waals surface area contributed by atoms with Crippen molar-refractivity contribution in [3.8, 4) is 28.5 Å². The summed E-state index contributed by atoms with van der Waals surface area (Å²) in [6.07, 6.45) is 3.14. The number of ether oxygens (including phenoxy) is 5. The van der Waals surface area contributed by atoms with Gasteiger partial charge in [-0.3, -0.25) is 4.79 Å². The standard InChI is InChI=1S/C24H29NO6/c1-15-20(31-14-18-13-28-7-8-29-18)11-23(26)25-6-5-17-9-22(30-12-16-3-4-16)21(27-2)10-19(17)24(15)25/h9-11,16,18H,3-8,12-14H2,1-2H3. The number of aromatic nitrogens is 1. The predicted octanol–water partition coefficient (Wildman–Crippen LogP) is 2.97. The SMILES string of the molecule is COc1cc2c(cc1OCC1CC1)CCn1c-2c(C)c(OCC2COCCO2)cc1=O. The lowest BCUT2D eigenvalue weighted by molar-refractivity contribution is -0.101. The van der Waals surface area contributed by atoms with Gasteiger partial charge in [0, 0.05) is 23.7 Å². The van der Waals surface area contributed by atoms with Crippen LogP contribution in [-0.2, 0) is 22.4 Å². The summed E-state index contributed by atoms with van der Waals surface area (Å²) in [5.74, 6) is 2.73. The minimum atomic E-state index is -0.120. The number of fused-ring (bicyclic) bond motifs is 3. The fourth-order valence-electron chi connectivity index (χ4n) is 4.29. The van der Waals surface area contributed by atoms with E-state index >= 15 is 0 Å². The number of aryl methyl sites for hydroxylation is 1. The summed E-state index contributed by atoms with van der Waals surface area (Å²) in [4.78, 5) is 12.9. The quantitative estimate of drug-likeness (QED) is 0.677. The Morgan fingerprint density at radius 1 is 1.06 bits per heavy atom. The first-order valence-electron chi connectivity index (χ1n) is 11.0. The van der Waals surface area contributed by atoms with Gasteiger partial charge in [-0.15, -0.1) is 0 Å². The highest BCUT2D eigenvalue weighted by molar-refractivity contribution is 5.74. The van der Waals surface area contributed by atoms with Gasteiger partial charge in [0.2, 0.25) is 0 Å². The van der Waals surface area contributed by atoms with Crippen molar-refractivity contribution >= 4 is 0 Å². The molecule has 1 aliphatic carbocycles. The third kappa shape index (κ3) is 4.16. The number of hydrogen-bond acceptors (Lipinski definition) is 6. The number of hydrogen-bond donors (Lipinski definition) is 0. The maximum atomic E-state index is 12.9. The summed E-state index contributed by atoms with van der Waals surface area (Å²) >= 11 is 0. The Balaban J connectivity index is 1.47. The van der Waals surface area contributed by atoms with Crippen molar-refractivity contribution in [1.82, 2.24) is 4.57 Å². The van der Waals surface area contributed by atoms with Gasteiger partial charge in [-0.2, -0.15) is 0 Å². The summed E-state index contributed by atoms with van der Waals surface area (Å²) in [6, 6.07) is 5.65. The zero-order valence-corrected chi connectivity index (χ0v) is 18.1. The van der Waals surface area contributed by atoms with Crippen LogP contribution in [0.25, 0.3) is 11.3 Å². The molecule has 1 saturated heterocycles. The van der Waals surface area contributed by atoms with Gasteiger partial charge in [0.15, 0.2) is 11.5 Å². The lowest BCUT2D eigenvalue weighted by Gasteiger charge is -2.27. The van der Waals surface area contributed by atoms with E-state index in [-0.39, 0.29) is 11.7 Å². The molecular formula is C24H29NO6. The van der Waals surface area contributed by atoms with Crippen LogP contribution in [0.15, 0.2) is 23.0 Å². The lowest BCUT2D eigenvalue weighted by Crippen LogP contribution is -2.34. The number of methoxy groups -OCH3 is 1. The van der Waals surface area contributed by atoms with Gasteiger partial charge in [0.1, 0.15) is 18.5 Å². The molecule has 2 fully saturated rings. The molecule has 7 heteroatoms. The van der Waals surface area contributed by atoms with E-state index in [4.69, 9.17) is 23.7 Å². The maximum Gasteiger partial charge on any atom is 0.254 e. The average Bonchev–Trinajstić information content (AvgIpc) is 3.63. The van der Waals surface area contributed by atoms with E-state index in [1.54, 1.807) is 13.2 Å². The third-order valence-corrected chi connectivity index (χ3v) is 6.25. The molecule has 0 bridgehead atoms. The van der Waals surface area contributed by atoms with Crippen molar-refractivity contribution in [1.29, 1.82) is 0 Å². The van der Waals surface area contributed by atoms with Crippen LogP contribution < -0.4 is 19.8 Å². The molecule has 1 saturated carbocycles. The second-order valence-electron chi connectivity index (χ2n) is 8.52. The molecule has 5 rings (SSSR count). The topological polar surface area (TPSA) is 68.2 Å². The highest BCUT2D eigenvalue weighted by Crippen LogP contribution is 2.41. The predicted molar refractivity (Wildman–Crippen MR) is 115 cm³/mol. The molecule has 3 aliphatic rings. The van der Waals surface area contributed by atoms with Crippen molar-refractivity contribution in [3.63, 3.8) is 0 Å². The Hall–Kier alpha value is -2.51. The van der Waals surface area contributed by atoms with Crippen LogP contribution in [0.2, 0.25) is 0 Å². The molecule has 0 spiro atoms. The minimum absolute atomic E-state index is 0.0601. The van der Waals surface area contributed by atoms with Crippen LogP contribution in [0.1, 0.15) is 24.0 Å². The first-order valence-corrected chi connectivity index (χ1v) is 11.0. The van der Waals surface area contributed by atoms with E-state index in [0.717, 1.165) is 41.2 Å². The minimum Gasteiger partial charge on any atom is -0.493 e. The zero-order valence-electron chi connectivity index (χ0n) is 18.1. The normalized spacial score (nSPS) is 20.0. The molecule has 31 heavy (non-hydrogen) atoms. The van der Waals surface area contributed by atoms with Gasteiger partial charge < -0.3 is 28.3 Å². The van der Waals surface area contributed by atoms with Crippen molar-refractivity contribution in [2.24, 2.45) is 5.92 Å². The Morgan fingerprint density at radius 2 is 1.90 bits per heavy atom. The summed E-state index contributed by atoms with van der Waals surface area (Å²) in [5, 5.41) is 0. The third-order valence-electron chi connectivity index (χ3n) is 6.25. The van der Waals surface area contributed by atoms with Crippen molar-refractivity contribution in [2.75, 3.05) is 40.1 Å². The summed E-state index contributed by atoms with van der Waals surface area (Å²) < 4.78 is 30.6.